The summed E-state index contributed by atoms with van der Waals surface area (Å²) in [5, 5.41) is 3.62. The van der Waals surface area contributed by atoms with Gasteiger partial charge in [0.15, 0.2) is 0 Å². The summed E-state index contributed by atoms with van der Waals surface area (Å²) in [5.41, 5.74) is 1.72. The van der Waals surface area contributed by atoms with E-state index in [1.54, 1.807) is 18.2 Å². The molecule has 1 aliphatic rings. The van der Waals surface area contributed by atoms with Crippen molar-refractivity contribution in [2.75, 3.05) is 43.4 Å². The van der Waals surface area contributed by atoms with E-state index in [9.17, 15) is 9.18 Å². The van der Waals surface area contributed by atoms with Crippen LogP contribution in [0.25, 0.3) is 6.08 Å². The monoisotopic (exact) mass is 407 g/mol. The molecule has 7 heteroatoms. The smallest absolute Gasteiger partial charge is 0.248 e. The Morgan fingerprint density at radius 2 is 1.89 bits per heavy atom. The van der Waals surface area contributed by atoms with Crippen molar-refractivity contribution in [3.05, 3.63) is 63.9 Å². The number of nitrogens with zero attached hydrogens (tertiary/aromatic N) is 2. The van der Waals surface area contributed by atoms with Crippen molar-refractivity contribution in [2.45, 2.75) is 0 Å². The third kappa shape index (κ3) is 5.01. The minimum absolute atomic E-state index is 0.180. The third-order valence-electron chi connectivity index (χ3n) is 4.46. The minimum atomic E-state index is -0.479. The standard InChI is InChI=1S/C20H20Cl2FN3O/c1-25-9-11-26(12-10-25)19-7-5-14(21)13-18(19)24-20(27)8-6-15-16(22)3-2-4-17(15)23/h2-8,13H,9-12H2,1H3,(H,24,27)/b8-6+. The zero-order valence-corrected chi connectivity index (χ0v) is 16.4. The number of hydrogen-bond acceptors (Lipinski definition) is 3. The first kappa shape index (κ1) is 19.7. The SMILES string of the molecule is CN1CCN(c2ccc(Cl)cc2NC(=O)/C=C/c2c(F)cccc2Cl)CC1. The van der Waals surface area contributed by atoms with Crippen LogP contribution in [0.1, 0.15) is 5.56 Å². The average Bonchev–Trinajstić information content (AvgIpc) is 2.62. The minimum Gasteiger partial charge on any atom is -0.367 e. The normalized spacial score (nSPS) is 15.3. The van der Waals surface area contributed by atoms with Gasteiger partial charge >= 0.3 is 0 Å². The average molecular weight is 408 g/mol. The summed E-state index contributed by atoms with van der Waals surface area (Å²) in [6, 6.07) is 9.82. The Hall–Kier alpha value is -2.08. The molecule has 1 fully saturated rings. The summed E-state index contributed by atoms with van der Waals surface area (Å²) < 4.78 is 13.8. The van der Waals surface area contributed by atoms with Gasteiger partial charge in [-0.3, -0.25) is 4.79 Å². The van der Waals surface area contributed by atoms with Crippen LogP contribution in [0.4, 0.5) is 15.8 Å². The molecule has 2 aromatic carbocycles. The Morgan fingerprint density at radius 3 is 2.59 bits per heavy atom. The summed E-state index contributed by atoms with van der Waals surface area (Å²) in [5.74, 6) is -0.862. The van der Waals surface area contributed by atoms with E-state index in [1.807, 2.05) is 6.07 Å². The second-order valence-electron chi connectivity index (χ2n) is 6.41. The Labute approximate surface area is 168 Å². The summed E-state index contributed by atoms with van der Waals surface area (Å²) >= 11 is 12.1. The molecule has 0 radical (unpaired) electrons. The molecule has 0 saturated carbocycles. The Balaban J connectivity index is 1.77. The first-order valence-corrected chi connectivity index (χ1v) is 9.36. The maximum atomic E-state index is 13.8. The van der Waals surface area contributed by atoms with Gasteiger partial charge in [-0.15, -0.1) is 0 Å². The van der Waals surface area contributed by atoms with Crippen LogP contribution < -0.4 is 10.2 Å². The van der Waals surface area contributed by atoms with Gasteiger partial charge in [0.05, 0.1) is 16.4 Å². The third-order valence-corrected chi connectivity index (χ3v) is 5.03. The van der Waals surface area contributed by atoms with Gasteiger partial charge in [0.2, 0.25) is 5.91 Å². The lowest BCUT2D eigenvalue weighted by Crippen LogP contribution is -2.44. The molecule has 1 heterocycles. The van der Waals surface area contributed by atoms with Crippen molar-refractivity contribution in [3.63, 3.8) is 0 Å². The van der Waals surface area contributed by atoms with E-state index >= 15 is 0 Å². The fourth-order valence-electron chi connectivity index (χ4n) is 2.93. The topological polar surface area (TPSA) is 35.6 Å². The molecule has 1 amide bonds. The molecule has 1 N–H and O–H groups in total. The first-order chi connectivity index (χ1) is 12.9. The molecular weight excluding hydrogens is 388 g/mol. The number of carbonyl (C=O) groups is 1. The zero-order chi connectivity index (χ0) is 19.4. The van der Waals surface area contributed by atoms with Crippen molar-refractivity contribution in [3.8, 4) is 0 Å². The number of rotatable bonds is 4. The highest BCUT2D eigenvalue weighted by Crippen LogP contribution is 2.30. The molecule has 4 nitrogen and oxygen atoms in total. The number of likely N-dealkylation sites (N-methyl/N-ethyl adjacent to an activating group) is 1. The van der Waals surface area contributed by atoms with Crippen LogP contribution in [0.5, 0.6) is 0 Å². The maximum Gasteiger partial charge on any atom is 0.248 e. The summed E-state index contributed by atoms with van der Waals surface area (Å²) in [6.07, 6.45) is 2.63. The Bertz CT molecular complexity index is 844. The number of halogens is 3. The fourth-order valence-corrected chi connectivity index (χ4v) is 3.33. The predicted octanol–water partition coefficient (Wildman–Crippen LogP) is 4.54. The van der Waals surface area contributed by atoms with Crippen molar-refractivity contribution < 1.29 is 9.18 Å². The lowest BCUT2D eigenvalue weighted by atomic mass is 10.2. The molecular formula is C20H20Cl2FN3O. The van der Waals surface area contributed by atoms with Gasteiger partial charge in [-0.05, 0) is 43.5 Å². The quantitative estimate of drug-likeness (QED) is 0.755. The number of anilines is 2. The number of piperazine rings is 1. The van der Waals surface area contributed by atoms with Gasteiger partial charge in [-0.25, -0.2) is 4.39 Å². The molecule has 0 unspecified atom stereocenters. The van der Waals surface area contributed by atoms with Gasteiger partial charge in [0, 0.05) is 42.8 Å². The van der Waals surface area contributed by atoms with Crippen LogP contribution in [-0.4, -0.2) is 44.0 Å². The van der Waals surface area contributed by atoms with Gasteiger partial charge in [-0.2, -0.15) is 0 Å². The Kier molecular flexibility index (Phi) is 6.37. The molecule has 2 aromatic rings. The summed E-state index contributed by atoms with van der Waals surface area (Å²) in [7, 11) is 2.08. The van der Waals surface area contributed by atoms with Gasteiger partial charge in [-0.1, -0.05) is 29.3 Å². The van der Waals surface area contributed by atoms with Crippen molar-refractivity contribution >= 4 is 46.6 Å². The summed E-state index contributed by atoms with van der Waals surface area (Å²) in [6.45, 7) is 3.62. The predicted molar refractivity (Wildman–Crippen MR) is 110 cm³/mol. The van der Waals surface area contributed by atoms with Gasteiger partial charge < -0.3 is 15.1 Å². The van der Waals surface area contributed by atoms with Crippen molar-refractivity contribution in [1.29, 1.82) is 0 Å². The maximum absolute atomic E-state index is 13.8. The molecule has 1 aliphatic heterocycles. The van der Waals surface area contributed by atoms with Crippen LogP contribution in [0.2, 0.25) is 10.0 Å². The van der Waals surface area contributed by atoms with E-state index in [2.05, 4.69) is 22.2 Å². The van der Waals surface area contributed by atoms with E-state index in [1.165, 1.54) is 24.3 Å². The largest absolute Gasteiger partial charge is 0.367 e. The first-order valence-electron chi connectivity index (χ1n) is 8.60. The van der Waals surface area contributed by atoms with Crippen LogP contribution in [0.15, 0.2) is 42.5 Å². The van der Waals surface area contributed by atoms with Crippen LogP contribution in [0, 0.1) is 5.82 Å². The molecule has 142 valence electrons. The van der Waals surface area contributed by atoms with Crippen LogP contribution >= 0.6 is 23.2 Å². The number of carbonyl (C=O) groups excluding carboxylic acids is 1. The van der Waals surface area contributed by atoms with Gasteiger partial charge in [0.1, 0.15) is 5.82 Å². The second kappa shape index (κ2) is 8.74. The van der Waals surface area contributed by atoms with E-state index in [0.717, 1.165) is 31.9 Å². The van der Waals surface area contributed by atoms with Gasteiger partial charge in [0.25, 0.3) is 0 Å². The Morgan fingerprint density at radius 1 is 1.15 bits per heavy atom. The molecule has 1 saturated heterocycles. The zero-order valence-electron chi connectivity index (χ0n) is 14.9. The molecule has 0 aromatic heterocycles. The lowest BCUT2D eigenvalue weighted by molar-refractivity contribution is -0.111. The number of benzene rings is 2. The number of nitrogens with one attached hydrogen (secondary N) is 1. The highest BCUT2D eigenvalue weighted by Gasteiger charge is 2.18. The number of hydrogen-bond donors (Lipinski definition) is 1. The number of amides is 1. The van der Waals surface area contributed by atoms with E-state index in [4.69, 9.17) is 23.2 Å². The van der Waals surface area contributed by atoms with E-state index in [-0.39, 0.29) is 16.5 Å². The molecule has 27 heavy (non-hydrogen) atoms. The molecule has 0 aliphatic carbocycles. The van der Waals surface area contributed by atoms with E-state index in [0.29, 0.717) is 10.7 Å². The fraction of sp³-hybridized carbons (Fsp3) is 0.250. The van der Waals surface area contributed by atoms with E-state index < -0.39 is 5.82 Å². The van der Waals surface area contributed by atoms with Crippen molar-refractivity contribution in [2.24, 2.45) is 0 Å². The summed E-state index contributed by atoms with van der Waals surface area (Å²) in [4.78, 5) is 16.8. The lowest BCUT2D eigenvalue weighted by Gasteiger charge is -2.35. The highest BCUT2D eigenvalue weighted by molar-refractivity contribution is 6.32. The molecule has 0 bridgehead atoms. The van der Waals surface area contributed by atoms with Crippen LogP contribution in [0.3, 0.4) is 0 Å². The van der Waals surface area contributed by atoms with Crippen molar-refractivity contribution in [1.82, 2.24) is 4.90 Å². The molecule has 0 spiro atoms. The van der Waals surface area contributed by atoms with Crippen LogP contribution in [-0.2, 0) is 4.79 Å². The second-order valence-corrected chi connectivity index (χ2v) is 7.25. The highest BCUT2D eigenvalue weighted by atomic mass is 35.5. The molecule has 0 atom stereocenters. The molecule has 3 rings (SSSR count).